The minimum atomic E-state index is -3.77. The molecule has 2 N–H and O–H groups in total. The summed E-state index contributed by atoms with van der Waals surface area (Å²) in [6.07, 6.45) is -0.691. The van der Waals surface area contributed by atoms with Crippen molar-refractivity contribution in [1.82, 2.24) is 4.31 Å². The quantitative estimate of drug-likeness (QED) is 0.720. The number of carbonyl (C=O) groups is 2. The second-order valence-electron chi connectivity index (χ2n) is 6.76. The van der Waals surface area contributed by atoms with E-state index in [0.29, 0.717) is 5.56 Å². The highest BCUT2D eigenvalue weighted by Gasteiger charge is 2.34. The lowest BCUT2D eigenvalue weighted by Gasteiger charge is -2.30. The standard InChI is InChI=1S/C20H21FN2O5S/c21-16-6-8-17(9-7-16)29(26,27)23-12-10-15(11-13-23)20(25)28-18(19(22)24)14-4-2-1-3-5-14/h1-9,15,18H,10-13H2,(H2,22,24). The number of esters is 1. The normalized spacial score (nSPS) is 16.9. The van der Waals surface area contributed by atoms with Gasteiger partial charge in [-0.15, -0.1) is 0 Å². The summed E-state index contributed by atoms with van der Waals surface area (Å²) in [5.41, 5.74) is 5.85. The number of hydrogen-bond donors (Lipinski definition) is 1. The van der Waals surface area contributed by atoms with E-state index in [1.807, 2.05) is 0 Å². The number of amides is 1. The van der Waals surface area contributed by atoms with E-state index in [1.54, 1.807) is 30.3 Å². The number of rotatable bonds is 6. The molecule has 1 unspecified atom stereocenters. The fraction of sp³-hybridized carbons (Fsp3) is 0.300. The molecule has 1 atom stereocenters. The van der Waals surface area contributed by atoms with Gasteiger partial charge in [-0.05, 0) is 37.1 Å². The first-order chi connectivity index (χ1) is 13.8. The van der Waals surface area contributed by atoms with Gasteiger partial charge in [0.2, 0.25) is 16.1 Å². The van der Waals surface area contributed by atoms with Gasteiger partial charge in [0, 0.05) is 18.7 Å². The molecule has 7 nitrogen and oxygen atoms in total. The molecule has 1 saturated heterocycles. The molecule has 1 heterocycles. The van der Waals surface area contributed by atoms with E-state index in [9.17, 15) is 22.4 Å². The van der Waals surface area contributed by atoms with Crippen LogP contribution in [0.1, 0.15) is 24.5 Å². The van der Waals surface area contributed by atoms with Gasteiger partial charge < -0.3 is 10.5 Å². The van der Waals surface area contributed by atoms with Crippen molar-refractivity contribution in [2.75, 3.05) is 13.1 Å². The molecule has 1 aliphatic rings. The van der Waals surface area contributed by atoms with Crippen molar-refractivity contribution in [2.24, 2.45) is 11.7 Å². The van der Waals surface area contributed by atoms with Gasteiger partial charge in [-0.25, -0.2) is 12.8 Å². The Bertz CT molecular complexity index is 972. The van der Waals surface area contributed by atoms with Crippen LogP contribution in [0.3, 0.4) is 0 Å². The van der Waals surface area contributed by atoms with E-state index >= 15 is 0 Å². The minimum absolute atomic E-state index is 0.00204. The first-order valence-electron chi connectivity index (χ1n) is 9.09. The lowest BCUT2D eigenvalue weighted by Crippen LogP contribution is -2.41. The molecule has 1 fully saturated rings. The predicted molar refractivity (Wildman–Crippen MR) is 102 cm³/mol. The van der Waals surface area contributed by atoms with Crippen molar-refractivity contribution < 1.29 is 27.1 Å². The van der Waals surface area contributed by atoms with Crippen LogP contribution in [-0.2, 0) is 24.3 Å². The van der Waals surface area contributed by atoms with Gasteiger partial charge in [0.15, 0.2) is 0 Å². The second kappa shape index (κ2) is 8.71. The van der Waals surface area contributed by atoms with Gasteiger partial charge in [-0.1, -0.05) is 30.3 Å². The number of sulfonamides is 1. The Kier molecular flexibility index (Phi) is 6.29. The van der Waals surface area contributed by atoms with Crippen molar-refractivity contribution in [3.8, 4) is 0 Å². The van der Waals surface area contributed by atoms with Crippen LogP contribution in [0.5, 0.6) is 0 Å². The first-order valence-corrected chi connectivity index (χ1v) is 10.5. The van der Waals surface area contributed by atoms with Crippen LogP contribution in [-0.4, -0.2) is 37.7 Å². The number of piperidine rings is 1. The van der Waals surface area contributed by atoms with Crippen LogP contribution >= 0.6 is 0 Å². The van der Waals surface area contributed by atoms with E-state index in [1.165, 1.54) is 16.4 Å². The molecule has 1 amide bonds. The highest BCUT2D eigenvalue weighted by molar-refractivity contribution is 7.89. The maximum atomic E-state index is 13.0. The smallest absolute Gasteiger partial charge is 0.310 e. The summed E-state index contributed by atoms with van der Waals surface area (Å²) in [7, 11) is -3.77. The first kappa shape index (κ1) is 20.9. The van der Waals surface area contributed by atoms with Crippen molar-refractivity contribution in [3.05, 3.63) is 66.0 Å². The Hall–Kier alpha value is -2.78. The summed E-state index contributed by atoms with van der Waals surface area (Å²) < 4.78 is 44.9. The molecule has 0 spiro atoms. The Morgan fingerprint density at radius 3 is 2.17 bits per heavy atom. The van der Waals surface area contributed by atoms with Gasteiger partial charge in [0.05, 0.1) is 10.8 Å². The maximum Gasteiger partial charge on any atom is 0.310 e. The summed E-state index contributed by atoms with van der Waals surface area (Å²) in [5.74, 6) is -2.43. The number of ether oxygens (including phenoxy) is 1. The molecule has 1 aliphatic heterocycles. The molecule has 0 saturated carbocycles. The number of nitrogens with two attached hydrogens (primary N) is 1. The fourth-order valence-corrected chi connectivity index (χ4v) is 4.69. The van der Waals surface area contributed by atoms with Gasteiger partial charge in [0.1, 0.15) is 5.82 Å². The zero-order valence-corrected chi connectivity index (χ0v) is 16.3. The largest absolute Gasteiger partial charge is 0.447 e. The van der Waals surface area contributed by atoms with Gasteiger partial charge in [0.25, 0.3) is 5.91 Å². The third-order valence-corrected chi connectivity index (χ3v) is 6.75. The molecular formula is C20H21FN2O5S. The minimum Gasteiger partial charge on any atom is -0.447 e. The number of benzene rings is 2. The average Bonchev–Trinajstić information content (AvgIpc) is 2.72. The van der Waals surface area contributed by atoms with Gasteiger partial charge >= 0.3 is 5.97 Å². The van der Waals surface area contributed by atoms with Crippen molar-refractivity contribution >= 4 is 21.9 Å². The van der Waals surface area contributed by atoms with Crippen LogP contribution in [0.2, 0.25) is 0 Å². The molecular weight excluding hydrogens is 399 g/mol. The summed E-state index contributed by atoms with van der Waals surface area (Å²) in [6.45, 7) is 0.234. The van der Waals surface area contributed by atoms with Crippen LogP contribution < -0.4 is 5.73 Å². The van der Waals surface area contributed by atoms with Crippen LogP contribution in [0.15, 0.2) is 59.5 Å². The second-order valence-corrected chi connectivity index (χ2v) is 8.70. The van der Waals surface area contributed by atoms with E-state index < -0.39 is 39.7 Å². The van der Waals surface area contributed by atoms with Crippen molar-refractivity contribution in [2.45, 2.75) is 23.8 Å². The summed E-state index contributed by atoms with van der Waals surface area (Å²) in [5, 5.41) is 0. The van der Waals surface area contributed by atoms with Crippen LogP contribution in [0, 0.1) is 11.7 Å². The average molecular weight is 420 g/mol. The molecule has 2 aromatic rings. The molecule has 0 bridgehead atoms. The molecule has 3 rings (SSSR count). The van der Waals surface area contributed by atoms with Crippen LogP contribution in [0.4, 0.5) is 4.39 Å². The Morgan fingerprint density at radius 2 is 1.62 bits per heavy atom. The lowest BCUT2D eigenvalue weighted by molar-refractivity contribution is -0.160. The SMILES string of the molecule is NC(=O)C(OC(=O)C1CCN(S(=O)(=O)c2ccc(F)cc2)CC1)c1ccccc1. The van der Waals surface area contributed by atoms with Crippen molar-refractivity contribution in [1.29, 1.82) is 0 Å². The van der Waals surface area contributed by atoms with E-state index in [0.717, 1.165) is 12.1 Å². The topological polar surface area (TPSA) is 107 Å². The molecule has 0 aromatic heterocycles. The maximum absolute atomic E-state index is 13.0. The Labute approximate surface area is 168 Å². The predicted octanol–water partition coefficient (Wildman–Crippen LogP) is 2.00. The monoisotopic (exact) mass is 420 g/mol. The lowest BCUT2D eigenvalue weighted by atomic mass is 9.98. The van der Waals surface area contributed by atoms with Gasteiger partial charge in [-0.2, -0.15) is 4.31 Å². The highest BCUT2D eigenvalue weighted by atomic mass is 32.2. The highest BCUT2D eigenvalue weighted by Crippen LogP contribution is 2.27. The van der Waals surface area contributed by atoms with E-state index in [2.05, 4.69) is 0 Å². The zero-order valence-electron chi connectivity index (χ0n) is 15.5. The molecule has 0 aliphatic carbocycles. The van der Waals surface area contributed by atoms with Gasteiger partial charge in [-0.3, -0.25) is 9.59 Å². The number of hydrogen-bond acceptors (Lipinski definition) is 5. The Morgan fingerprint density at radius 1 is 1.03 bits per heavy atom. The number of carbonyl (C=O) groups excluding carboxylic acids is 2. The van der Waals surface area contributed by atoms with Crippen LogP contribution in [0.25, 0.3) is 0 Å². The molecule has 2 aromatic carbocycles. The summed E-state index contributed by atoms with van der Waals surface area (Å²) in [4.78, 5) is 24.2. The molecule has 9 heteroatoms. The molecule has 0 radical (unpaired) electrons. The molecule has 29 heavy (non-hydrogen) atoms. The third kappa shape index (κ3) is 4.80. The summed E-state index contributed by atoms with van der Waals surface area (Å²) >= 11 is 0. The fourth-order valence-electron chi connectivity index (χ4n) is 3.22. The van der Waals surface area contributed by atoms with Crippen molar-refractivity contribution in [3.63, 3.8) is 0 Å². The number of nitrogens with zero attached hydrogens (tertiary/aromatic N) is 1. The van der Waals surface area contributed by atoms with E-state index in [-0.39, 0.29) is 30.8 Å². The Balaban J connectivity index is 1.63. The number of halogens is 1. The van der Waals surface area contributed by atoms with E-state index in [4.69, 9.17) is 10.5 Å². The molecule has 154 valence electrons. The third-order valence-electron chi connectivity index (χ3n) is 4.83. The number of primary amides is 1. The zero-order chi connectivity index (χ0) is 21.0. The summed E-state index contributed by atoms with van der Waals surface area (Å²) in [6, 6.07) is 13.1.